The molecule has 2 nitrogen and oxygen atoms in total. The quantitative estimate of drug-likeness (QED) is 0.560. The van der Waals surface area contributed by atoms with Crippen LogP contribution in [0.2, 0.25) is 19.6 Å². The van der Waals surface area contributed by atoms with Crippen molar-refractivity contribution in [3.8, 4) is 0 Å². The standard InChI is InChI=1S/C15H28O2Si/c1-13-9-12-15(13,17-18(3,4)5)14(16-2)10-7-6-8-11-14/h1,6-12H2,2-5H3. The van der Waals surface area contributed by atoms with Crippen molar-refractivity contribution in [2.45, 2.75) is 75.8 Å². The molecular weight excluding hydrogens is 240 g/mol. The molecule has 0 heterocycles. The first-order chi connectivity index (χ1) is 8.35. The summed E-state index contributed by atoms with van der Waals surface area (Å²) in [6, 6.07) is 0. The Kier molecular flexibility index (Phi) is 3.78. The van der Waals surface area contributed by atoms with Gasteiger partial charge in [0.25, 0.3) is 0 Å². The maximum Gasteiger partial charge on any atom is 0.185 e. The van der Waals surface area contributed by atoms with Crippen LogP contribution in [0.3, 0.4) is 0 Å². The summed E-state index contributed by atoms with van der Waals surface area (Å²) in [4.78, 5) is 0. The zero-order chi connectivity index (χ0) is 13.4. The third kappa shape index (κ3) is 2.21. The van der Waals surface area contributed by atoms with Gasteiger partial charge in [0, 0.05) is 7.11 Å². The van der Waals surface area contributed by atoms with Gasteiger partial charge < -0.3 is 9.16 Å². The summed E-state index contributed by atoms with van der Waals surface area (Å²) in [6.45, 7) is 11.1. The maximum atomic E-state index is 6.62. The molecule has 0 bridgehead atoms. The Hall–Kier alpha value is -0.123. The Morgan fingerprint density at radius 3 is 2.00 bits per heavy atom. The molecule has 1 unspecified atom stereocenters. The van der Waals surface area contributed by atoms with Gasteiger partial charge in [-0.15, -0.1) is 0 Å². The zero-order valence-electron chi connectivity index (χ0n) is 12.5. The van der Waals surface area contributed by atoms with Gasteiger partial charge in [-0.05, 0) is 50.9 Å². The van der Waals surface area contributed by atoms with E-state index in [4.69, 9.17) is 9.16 Å². The van der Waals surface area contributed by atoms with E-state index in [0.29, 0.717) is 0 Å². The average molecular weight is 268 g/mol. The van der Waals surface area contributed by atoms with Crippen LogP contribution >= 0.6 is 0 Å². The summed E-state index contributed by atoms with van der Waals surface area (Å²) in [5.41, 5.74) is 1.00. The van der Waals surface area contributed by atoms with E-state index in [-0.39, 0.29) is 11.2 Å². The first-order valence-corrected chi connectivity index (χ1v) is 10.7. The molecule has 1 atom stereocenters. The maximum absolute atomic E-state index is 6.62. The summed E-state index contributed by atoms with van der Waals surface area (Å²) in [5, 5.41) is 0. The SMILES string of the molecule is C=C1CCC1(O[Si](C)(C)C)C1(OC)CCCCC1. The van der Waals surface area contributed by atoms with E-state index in [1.807, 2.05) is 7.11 Å². The van der Waals surface area contributed by atoms with Crippen LogP contribution in [0.25, 0.3) is 0 Å². The van der Waals surface area contributed by atoms with Gasteiger partial charge in [-0.3, -0.25) is 0 Å². The van der Waals surface area contributed by atoms with Crippen LogP contribution in [-0.4, -0.2) is 26.6 Å². The minimum absolute atomic E-state index is 0.0964. The highest BCUT2D eigenvalue weighted by Gasteiger charge is 2.59. The molecule has 0 N–H and O–H groups in total. The van der Waals surface area contributed by atoms with Crippen molar-refractivity contribution in [2.24, 2.45) is 0 Å². The van der Waals surface area contributed by atoms with Gasteiger partial charge in [0.15, 0.2) is 8.32 Å². The van der Waals surface area contributed by atoms with Crippen LogP contribution in [0.4, 0.5) is 0 Å². The molecule has 2 saturated carbocycles. The number of methoxy groups -OCH3 is 1. The molecule has 2 fully saturated rings. The summed E-state index contributed by atoms with van der Waals surface area (Å²) in [5.74, 6) is 0. The Balaban J connectivity index is 2.31. The van der Waals surface area contributed by atoms with Gasteiger partial charge in [-0.2, -0.15) is 0 Å². The Morgan fingerprint density at radius 2 is 1.67 bits per heavy atom. The molecule has 0 radical (unpaired) electrons. The minimum Gasteiger partial charge on any atom is -0.406 e. The van der Waals surface area contributed by atoms with E-state index < -0.39 is 8.32 Å². The second kappa shape index (κ2) is 4.77. The lowest BCUT2D eigenvalue weighted by Crippen LogP contribution is -2.65. The van der Waals surface area contributed by atoms with Gasteiger partial charge in [0.1, 0.15) is 5.60 Å². The molecule has 3 heteroatoms. The number of hydrogen-bond donors (Lipinski definition) is 0. The molecule has 0 aliphatic heterocycles. The van der Waals surface area contributed by atoms with Gasteiger partial charge in [-0.25, -0.2) is 0 Å². The molecular formula is C15H28O2Si. The van der Waals surface area contributed by atoms with E-state index in [1.165, 1.54) is 24.8 Å². The number of rotatable bonds is 4. The van der Waals surface area contributed by atoms with Crippen LogP contribution in [0, 0.1) is 0 Å². The highest BCUT2D eigenvalue weighted by Crippen LogP contribution is 2.55. The topological polar surface area (TPSA) is 18.5 Å². The van der Waals surface area contributed by atoms with Crippen LogP contribution in [0.5, 0.6) is 0 Å². The van der Waals surface area contributed by atoms with E-state index in [9.17, 15) is 0 Å². The zero-order valence-corrected chi connectivity index (χ0v) is 13.5. The molecule has 18 heavy (non-hydrogen) atoms. The van der Waals surface area contributed by atoms with Crippen LogP contribution < -0.4 is 0 Å². The van der Waals surface area contributed by atoms with Crippen LogP contribution in [-0.2, 0) is 9.16 Å². The van der Waals surface area contributed by atoms with E-state index in [1.54, 1.807) is 0 Å². The molecule has 0 saturated heterocycles. The van der Waals surface area contributed by atoms with Crippen molar-refractivity contribution in [2.75, 3.05) is 7.11 Å². The fourth-order valence-electron chi connectivity index (χ4n) is 3.71. The van der Waals surface area contributed by atoms with Crippen LogP contribution in [0.15, 0.2) is 12.2 Å². The summed E-state index contributed by atoms with van der Waals surface area (Å²) < 4.78 is 12.7. The third-order valence-electron chi connectivity index (χ3n) is 4.62. The molecule has 0 aromatic carbocycles. The van der Waals surface area contributed by atoms with Crippen molar-refractivity contribution < 1.29 is 9.16 Å². The first-order valence-electron chi connectivity index (χ1n) is 7.29. The lowest BCUT2D eigenvalue weighted by atomic mass is 9.60. The summed E-state index contributed by atoms with van der Waals surface area (Å²) in [7, 11) is 0.275. The highest BCUT2D eigenvalue weighted by molar-refractivity contribution is 6.69. The third-order valence-corrected chi connectivity index (χ3v) is 5.58. The fourth-order valence-corrected chi connectivity index (χ4v) is 5.19. The fraction of sp³-hybridized carbons (Fsp3) is 0.867. The largest absolute Gasteiger partial charge is 0.406 e. The number of ether oxygens (including phenoxy) is 1. The monoisotopic (exact) mass is 268 g/mol. The first kappa shape index (κ1) is 14.3. The van der Waals surface area contributed by atoms with E-state index in [2.05, 4.69) is 26.2 Å². The van der Waals surface area contributed by atoms with Crippen molar-refractivity contribution >= 4 is 8.32 Å². The van der Waals surface area contributed by atoms with Crippen molar-refractivity contribution in [1.29, 1.82) is 0 Å². The molecule has 2 rings (SSSR count). The van der Waals surface area contributed by atoms with Crippen LogP contribution in [0.1, 0.15) is 44.9 Å². The molecule has 0 amide bonds. The molecule has 2 aliphatic carbocycles. The summed E-state index contributed by atoms with van der Waals surface area (Å²) in [6.07, 6.45) is 8.33. The van der Waals surface area contributed by atoms with Gasteiger partial charge >= 0.3 is 0 Å². The second-order valence-corrected chi connectivity index (χ2v) is 11.3. The normalized spacial score (nSPS) is 32.1. The predicted octanol–water partition coefficient (Wildman–Crippen LogP) is 4.28. The van der Waals surface area contributed by atoms with E-state index in [0.717, 1.165) is 25.7 Å². The van der Waals surface area contributed by atoms with Gasteiger partial charge in [-0.1, -0.05) is 25.8 Å². The van der Waals surface area contributed by atoms with Crippen molar-refractivity contribution in [3.63, 3.8) is 0 Å². The molecule has 2 aliphatic rings. The average Bonchev–Trinajstić information content (AvgIpc) is 2.33. The molecule has 0 aromatic heterocycles. The Morgan fingerprint density at radius 1 is 1.06 bits per heavy atom. The van der Waals surface area contributed by atoms with Gasteiger partial charge in [0.05, 0.1) is 5.60 Å². The van der Waals surface area contributed by atoms with Crippen molar-refractivity contribution in [3.05, 3.63) is 12.2 Å². The van der Waals surface area contributed by atoms with Gasteiger partial charge in [0.2, 0.25) is 0 Å². The minimum atomic E-state index is -1.59. The lowest BCUT2D eigenvalue weighted by molar-refractivity contribution is -0.179. The Bertz CT molecular complexity index is 326. The smallest absolute Gasteiger partial charge is 0.185 e. The Labute approximate surface area is 113 Å². The van der Waals surface area contributed by atoms with E-state index >= 15 is 0 Å². The van der Waals surface area contributed by atoms with Crippen molar-refractivity contribution in [1.82, 2.24) is 0 Å². The summed E-state index contributed by atoms with van der Waals surface area (Å²) >= 11 is 0. The molecule has 0 spiro atoms. The number of hydrogen-bond acceptors (Lipinski definition) is 2. The second-order valence-electron chi connectivity index (χ2n) is 6.90. The molecule has 0 aromatic rings. The lowest BCUT2D eigenvalue weighted by Gasteiger charge is -2.59. The molecule has 104 valence electrons. The highest BCUT2D eigenvalue weighted by atomic mass is 28.4. The predicted molar refractivity (Wildman–Crippen MR) is 78.4 cm³/mol.